The largest absolute Gasteiger partial charge is 0.501 e. The standard InChI is InChI=1S/C48H37N2O2.C16H18N.Ir/c1-27(2)36-23-32(30-13-7-6-8-14-30)24-37(28(3)4)45(36)50-46-33-16-10-9-15-31(33)20-22-40(46)49-48(50)35-21-19-29(5)44-39-26-42-38(25-43(39)52-47(35)44)34-17-11-12-18-41(34)51-42;1-12-5-7-13(8-6-12)15-11-14(9-10-17-15)16(2,3)4;/h6-20,22-28H,1-5H3;5-7,9-11H,1-4H3;/q2*-1;/i5D3;1D3;. The van der Waals surface area contributed by atoms with Crippen molar-refractivity contribution in [1.82, 2.24) is 14.5 Å². The summed E-state index contributed by atoms with van der Waals surface area (Å²) in [7, 11) is 0. The third kappa shape index (κ3) is 8.23. The number of aromatic nitrogens is 3. The van der Waals surface area contributed by atoms with Crippen LogP contribution in [0.15, 0.2) is 167 Å². The first-order valence-corrected chi connectivity index (χ1v) is 23.6. The SMILES string of the molecule is [2H]C([2H])([2H])c1c[c-]c(-c2cc(C(C)(C)C)ccn2)cc1.[2H]C([2H])([2H])c1c[c-]c(-c2nc3ccc4ccccc4c3n2-c2c(C(C)C)cc(-c3ccccc3)cc2C(C)C)c2oc3cc4c(cc3c12)oc1ccccc14.[Ir]. The van der Waals surface area contributed by atoms with E-state index in [9.17, 15) is 0 Å². The van der Waals surface area contributed by atoms with E-state index in [0.717, 1.165) is 66.2 Å². The molecule has 0 amide bonds. The van der Waals surface area contributed by atoms with Gasteiger partial charge in [0.05, 0.1) is 22.4 Å². The fourth-order valence-corrected chi connectivity index (χ4v) is 9.67. The molecule has 0 aliphatic heterocycles. The van der Waals surface area contributed by atoms with Gasteiger partial charge in [-0.15, -0.1) is 53.1 Å². The van der Waals surface area contributed by atoms with Crippen LogP contribution in [0, 0.1) is 25.8 Å². The molecular formula is C64H55IrN3O2-2. The molecule has 4 aromatic heterocycles. The van der Waals surface area contributed by atoms with E-state index in [1.165, 1.54) is 22.8 Å². The second-order valence-electron chi connectivity index (χ2n) is 19.6. The normalized spacial score (nSPS) is 13.6. The molecule has 12 aromatic rings. The summed E-state index contributed by atoms with van der Waals surface area (Å²) < 4.78 is 63.4. The van der Waals surface area contributed by atoms with Gasteiger partial charge in [0.2, 0.25) is 0 Å². The Morgan fingerprint density at radius 2 is 1.34 bits per heavy atom. The van der Waals surface area contributed by atoms with Gasteiger partial charge in [-0.25, -0.2) is 0 Å². The maximum absolute atomic E-state index is 8.62. The number of rotatable bonds is 6. The van der Waals surface area contributed by atoms with Crippen molar-refractivity contribution >= 4 is 65.7 Å². The van der Waals surface area contributed by atoms with Gasteiger partial charge in [-0.3, -0.25) is 4.98 Å². The number of furan rings is 2. The van der Waals surface area contributed by atoms with Crippen LogP contribution in [-0.2, 0) is 25.5 Å². The number of pyridine rings is 1. The Morgan fingerprint density at radius 1 is 0.629 bits per heavy atom. The summed E-state index contributed by atoms with van der Waals surface area (Å²) >= 11 is 0. The van der Waals surface area contributed by atoms with Gasteiger partial charge in [-0.05, 0) is 98.6 Å². The quantitative estimate of drug-likeness (QED) is 0.156. The average molecular weight is 1100 g/mol. The van der Waals surface area contributed by atoms with Crippen LogP contribution in [0.5, 0.6) is 0 Å². The summed E-state index contributed by atoms with van der Waals surface area (Å²) in [4.78, 5) is 9.74. The molecule has 0 atom stereocenters. The molecule has 0 saturated carbocycles. The van der Waals surface area contributed by atoms with E-state index in [-0.39, 0.29) is 42.9 Å². The smallest absolute Gasteiger partial charge is 0.136 e. The Hall–Kier alpha value is -7.11. The fourth-order valence-electron chi connectivity index (χ4n) is 9.67. The second kappa shape index (κ2) is 18.3. The van der Waals surface area contributed by atoms with Crippen LogP contribution in [-0.4, -0.2) is 14.5 Å². The van der Waals surface area contributed by atoms with E-state index in [0.29, 0.717) is 44.5 Å². The van der Waals surface area contributed by atoms with Crippen LogP contribution in [0.4, 0.5) is 0 Å². The molecular weight excluding hydrogens is 1030 g/mol. The number of aryl methyl sites for hydroxylation is 2. The zero-order valence-electron chi connectivity index (χ0n) is 46.2. The molecule has 1 radical (unpaired) electrons. The zero-order chi connectivity index (χ0) is 52.7. The number of para-hydroxylation sites is 1. The van der Waals surface area contributed by atoms with Crippen LogP contribution in [0.1, 0.15) is 96.3 Å². The van der Waals surface area contributed by atoms with Gasteiger partial charge < -0.3 is 18.4 Å². The summed E-state index contributed by atoms with van der Waals surface area (Å²) in [6, 6.07) is 56.5. The van der Waals surface area contributed by atoms with E-state index in [1.54, 1.807) is 24.4 Å². The van der Waals surface area contributed by atoms with E-state index in [2.05, 4.69) is 143 Å². The third-order valence-electron chi connectivity index (χ3n) is 13.3. The van der Waals surface area contributed by atoms with Gasteiger partial charge >= 0.3 is 0 Å². The van der Waals surface area contributed by atoms with Gasteiger partial charge in [0.1, 0.15) is 16.7 Å². The monoisotopic (exact) mass is 1100 g/mol. The van der Waals surface area contributed by atoms with Crippen molar-refractivity contribution in [2.75, 3.05) is 0 Å². The first kappa shape index (κ1) is 39.7. The number of hydrogen-bond acceptors (Lipinski definition) is 4. The molecule has 349 valence electrons. The molecule has 70 heavy (non-hydrogen) atoms. The Balaban J connectivity index is 0.000000264. The first-order valence-electron chi connectivity index (χ1n) is 26.6. The number of fused-ring (bicyclic) bond motifs is 9. The van der Waals surface area contributed by atoms with Gasteiger partial charge in [0.25, 0.3) is 0 Å². The van der Waals surface area contributed by atoms with Gasteiger partial charge in [-0.1, -0.05) is 158 Å². The Bertz CT molecular complexity index is 4110. The zero-order valence-corrected chi connectivity index (χ0v) is 42.6. The van der Waals surface area contributed by atoms with Crippen molar-refractivity contribution < 1.29 is 37.2 Å². The topological polar surface area (TPSA) is 57.0 Å². The summed E-state index contributed by atoms with van der Waals surface area (Å²) in [5, 5.41) is 5.24. The van der Waals surface area contributed by atoms with Crippen molar-refractivity contribution in [3.63, 3.8) is 0 Å². The van der Waals surface area contributed by atoms with Crippen molar-refractivity contribution in [3.8, 4) is 39.5 Å². The molecule has 8 aromatic carbocycles. The van der Waals surface area contributed by atoms with Crippen LogP contribution in [0.2, 0.25) is 0 Å². The Kier molecular flexibility index (Phi) is 10.4. The molecule has 0 N–H and O–H groups in total. The maximum Gasteiger partial charge on any atom is 0.136 e. The van der Waals surface area contributed by atoms with Crippen LogP contribution in [0.25, 0.3) is 105 Å². The number of benzene rings is 8. The predicted octanol–water partition coefficient (Wildman–Crippen LogP) is 17.8. The minimum absolute atomic E-state index is 0. The molecule has 0 bridgehead atoms. The first-order chi connectivity index (χ1) is 35.7. The van der Waals surface area contributed by atoms with Gasteiger partial charge in [0, 0.05) is 61.8 Å². The van der Waals surface area contributed by atoms with E-state index < -0.39 is 13.7 Å². The molecule has 0 saturated heterocycles. The van der Waals surface area contributed by atoms with Crippen molar-refractivity contribution in [2.24, 2.45) is 0 Å². The second-order valence-corrected chi connectivity index (χ2v) is 19.6. The fraction of sp³-hybridized carbons (Fsp3) is 0.188. The van der Waals surface area contributed by atoms with E-state index in [1.807, 2.05) is 54.6 Å². The number of imidazole rings is 1. The summed E-state index contributed by atoms with van der Waals surface area (Å²) in [5.41, 5.74) is 13.9. The van der Waals surface area contributed by atoms with Crippen LogP contribution < -0.4 is 0 Å². The molecule has 12 rings (SSSR count). The molecule has 6 heteroatoms. The molecule has 0 fully saturated rings. The molecule has 5 nitrogen and oxygen atoms in total. The molecule has 4 heterocycles. The Labute approximate surface area is 432 Å². The van der Waals surface area contributed by atoms with Gasteiger partial charge in [0.15, 0.2) is 0 Å². The van der Waals surface area contributed by atoms with Crippen LogP contribution in [0.3, 0.4) is 0 Å². The summed E-state index contributed by atoms with van der Waals surface area (Å²) in [5.74, 6) is 0.961. The molecule has 0 aliphatic rings. The molecule has 0 spiro atoms. The summed E-state index contributed by atoms with van der Waals surface area (Å²) in [6.07, 6.45) is 1.78. The van der Waals surface area contributed by atoms with Crippen molar-refractivity contribution in [3.05, 3.63) is 198 Å². The summed E-state index contributed by atoms with van der Waals surface area (Å²) in [6.45, 7) is 10.9. The van der Waals surface area contributed by atoms with E-state index in [4.69, 9.17) is 22.0 Å². The predicted molar refractivity (Wildman–Crippen MR) is 288 cm³/mol. The van der Waals surface area contributed by atoms with Crippen LogP contribution >= 0.6 is 0 Å². The number of nitrogens with zero attached hydrogens (tertiary/aromatic N) is 3. The third-order valence-corrected chi connectivity index (χ3v) is 13.3. The maximum atomic E-state index is 8.62. The molecule has 0 aliphatic carbocycles. The molecule has 0 unspecified atom stereocenters. The average Bonchev–Trinajstić information content (AvgIpc) is 4.08. The minimum Gasteiger partial charge on any atom is -0.501 e. The Morgan fingerprint density at radius 3 is 2.06 bits per heavy atom. The van der Waals surface area contributed by atoms with Gasteiger partial charge in [-0.2, -0.15) is 0 Å². The van der Waals surface area contributed by atoms with Crippen molar-refractivity contribution in [2.45, 2.75) is 79.4 Å². The van der Waals surface area contributed by atoms with E-state index >= 15 is 0 Å². The van der Waals surface area contributed by atoms with Crippen molar-refractivity contribution in [1.29, 1.82) is 0 Å². The number of hydrogen-bond donors (Lipinski definition) is 0. The minimum atomic E-state index is -2.42.